The number of amides is 1. The predicted molar refractivity (Wildman–Crippen MR) is 47.4 cm³/mol. The summed E-state index contributed by atoms with van der Waals surface area (Å²) < 4.78 is 5.20. The number of carbonyl (C=O) groups excluding carboxylic acids is 1. The number of rotatable bonds is 5. The summed E-state index contributed by atoms with van der Waals surface area (Å²) in [6, 6.07) is 0. The van der Waals surface area contributed by atoms with Gasteiger partial charge in [0.1, 0.15) is 0 Å². The second-order valence-electron chi connectivity index (χ2n) is 3.81. The Morgan fingerprint density at radius 2 is 2.08 bits per heavy atom. The summed E-state index contributed by atoms with van der Waals surface area (Å²) in [6.45, 7) is 6.23. The second kappa shape index (κ2) is 4.42. The first kappa shape index (κ1) is 11.4. The lowest BCUT2D eigenvalue weighted by Gasteiger charge is -2.19. The van der Waals surface area contributed by atoms with E-state index in [4.69, 9.17) is 16.2 Å². The van der Waals surface area contributed by atoms with E-state index in [0.717, 1.165) is 0 Å². The number of ether oxygens (including phenoxy) is 1. The molecule has 4 heteroatoms. The minimum Gasteiger partial charge on any atom is -0.379 e. The summed E-state index contributed by atoms with van der Waals surface area (Å²) >= 11 is 0. The first-order valence-electron chi connectivity index (χ1n) is 3.99. The van der Waals surface area contributed by atoms with Crippen LogP contribution in [0.25, 0.3) is 0 Å². The van der Waals surface area contributed by atoms with Crippen LogP contribution in [0.2, 0.25) is 0 Å². The molecule has 0 saturated carbocycles. The molecule has 0 spiro atoms. The molecule has 1 unspecified atom stereocenters. The normalized spacial score (nSPS) is 14.3. The van der Waals surface area contributed by atoms with Gasteiger partial charge in [-0.05, 0) is 13.8 Å². The van der Waals surface area contributed by atoms with Gasteiger partial charge in [-0.25, -0.2) is 0 Å². The van der Waals surface area contributed by atoms with Crippen molar-refractivity contribution in [2.45, 2.75) is 26.3 Å². The predicted octanol–water partition coefficient (Wildman–Crippen LogP) is -0.138. The molecule has 0 aliphatic rings. The SMILES string of the molecule is CC(COCC(C)(C)N)C(N)=O. The molecule has 0 saturated heterocycles. The lowest BCUT2D eigenvalue weighted by atomic mass is 10.1. The molecule has 0 fully saturated rings. The van der Waals surface area contributed by atoms with E-state index < -0.39 is 0 Å². The minimum atomic E-state index is -0.350. The van der Waals surface area contributed by atoms with Gasteiger partial charge in [-0.1, -0.05) is 6.92 Å². The number of hydrogen-bond donors (Lipinski definition) is 2. The van der Waals surface area contributed by atoms with Crippen molar-refractivity contribution < 1.29 is 9.53 Å². The lowest BCUT2D eigenvalue weighted by molar-refractivity contribution is -0.123. The molecule has 0 aromatic rings. The van der Waals surface area contributed by atoms with Gasteiger partial charge in [0.2, 0.25) is 5.91 Å². The van der Waals surface area contributed by atoms with E-state index in [1.165, 1.54) is 0 Å². The highest BCUT2D eigenvalue weighted by Crippen LogP contribution is 2.00. The van der Waals surface area contributed by atoms with Crippen LogP contribution in [0.15, 0.2) is 0 Å². The van der Waals surface area contributed by atoms with E-state index in [1.807, 2.05) is 13.8 Å². The molecule has 0 radical (unpaired) electrons. The molecule has 1 atom stereocenters. The van der Waals surface area contributed by atoms with Gasteiger partial charge in [-0.15, -0.1) is 0 Å². The molecule has 0 bridgehead atoms. The summed E-state index contributed by atoms with van der Waals surface area (Å²) in [7, 11) is 0. The third kappa shape index (κ3) is 6.12. The van der Waals surface area contributed by atoms with Crippen LogP contribution in [-0.4, -0.2) is 24.7 Å². The van der Waals surface area contributed by atoms with Crippen molar-refractivity contribution in [3.8, 4) is 0 Å². The summed E-state index contributed by atoms with van der Waals surface area (Å²) in [5.74, 6) is -0.586. The van der Waals surface area contributed by atoms with Crippen LogP contribution in [0.1, 0.15) is 20.8 Å². The fourth-order valence-electron chi connectivity index (χ4n) is 0.581. The Kier molecular flexibility index (Phi) is 4.20. The summed E-state index contributed by atoms with van der Waals surface area (Å²) in [5, 5.41) is 0. The Morgan fingerprint density at radius 1 is 1.58 bits per heavy atom. The summed E-state index contributed by atoms with van der Waals surface area (Å²) in [6.07, 6.45) is 0. The van der Waals surface area contributed by atoms with Gasteiger partial charge in [-0.2, -0.15) is 0 Å². The summed E-state index contributed by atoms with van der Waals surface area (Å²) in [4.78, 5) is 10.6. The molecule has 72 valence electrons. The monoisotopic (exact) mass is 174 g/mol. The van der Waals surface area contributed by atoms with Crippen LogP contribution >= 0.6 is 0 Å². The Hall–Kier alpha value is -0.610. The number of carbonyl (C=O) groups is 1. The van der Waals surface area contributed by atoms with Crippen molar-refractivity contribution >= 4 is 5.91 Å². The maximum atomic E-state index is 10.6. The van der Waals surface area contributed by atoms with Gasteiger partial charge >= 0.3 is 0 Å². The van der Waals surface area contributed by atoms with Gasteiger partial charge in [0.25, 0.3) is 0 Å². The Morgan fingerprint density at radius 3 is 2.42 bits per heavy atom. The first-order chi connectivity index (χ1) is 5.33. The van der Waals surface area contributed by atoms with E-state index in [0.29, 0.717) is 13.2 Å². The van der Waals surface area contributed by atoms with Crippen LogP contribution < -0.4 is 11.5 Å². The van der Waals surface area contributed by atoms with Crippen molar-refractivity contribution in [2.75, 3.05) is 13.2 Å². The van der Waals surface area contributed by atoms with Gasteiger partial charge in [-0.3, -0.25) is 4.79 Å². The molecule has 0 rings (SSSR count). The largest absolute Gasteiger partial charge is 0.379 e. The smallest absolute Gasteiger partial charge is 0.222 e. The molecule has 4 N–H and O–H groups in total. The number of hydrogen-bond acceptors (Lipinski definition) is 3. The molecule has 0 aromatic carbocycles. The average molecular weight is 174 g/mol. The fraction of sp³-hybridized carbons (Fsp3) is 0.875. The quantitative estimate of drug-likeness (QED) is 0.609. The van der Waals surface area contributed by atoms with E-state index in [9.17, 15) is 4.79 Å². The molecular weight excluding hydrogens is 156 g/mol. The van der Waals surface area contributed by atoms with E-state index >= 15 is 0 Å². The van der Waals surface area contributed by atoms with Gasteiger partial charge < -0.3 is 16.2 Å². The van der Waals surface area contributed by atoms with Crippen molar-refractivity contribution in [3.05, 3.63) is 0 Å². The minimum absolute atomic E-state index is 0.243. The number of nitrogens with two attached hydrogens (primary N) is 2. The zero-order valence-electron chi connectivity index (χ0n) is 7.96. The maximum Gasteiger partial charge on any atom is 0.222 e. The Balaban J connectivity index is 3.51. The van der Waals surface area contributed by atoms with Crippen LogP contribution in [0.3, 0.4) is 0 Å². The van der Waals surface area contributed by atoms with E-state index in [-0.39, 0.29) is 17.4 Å². The standard InChI is InChI=1S/C8H18N2O2/c1-6(7(9)11)4-12-5-8(2,3)10/h6H,4-5,10H2,1-3H3,(H2,9,11). The van der Waals surface area contributed by atoms with Gasteiger partial charge in [0, 0.05) is 5.54 Å². The van der Waals surface area contributed by atoms with Gasteiger partial charge in [0.15, 0.2) is 0 Å². The average Bonchev–Trinajstić information content (AvgIpc) is 1.84. The number of primary amides is 1. The van der Waals surface area contributed by atoms with Gasteiger partial charge in [0.05, 0.1) is 19.1 Å². The molecule has 12 heavy (non-hydrogen) atoms. The van der Waals surface area contributed by atoms with E-state index in [2.05, 4.69) is 0 Å². The van der Waals surface area contributed by atoms with Crippen molar-refractivity contribution in [1.29, 1.82) is 0 Å². The van der Waals surface area contributed by atoms with Crippen LogP contribution in [0, 0.1) is 5.92 Å². The first-order valence-corrected chi connectivity index (χ1v) is 3.99. The lowest BCUT2D eigenvalue weighted by Crippen LogP contribution is -2.38. The van der Waals surface area contributed by atoms with Crippen molar-refractivity contribution in [1.82, 2.24) is 0 Å². The maximum absolute atomic E-state index is 10.6. The molecular formula is C8H18N2O2. The molecule has 0 aromatic heterocycles. The highest BCUT2D eigenvalue weighted by Gasteiger charge is 2.13. The van der Waals surface area contributed by atoms with Crippen molar-refractivity contribution in [2.24, 2.45) is 17.4 Å². The highest BCUT2D eigenvalue weighted by atomic mass is 16.5. The molecule has 0 heterocycles. The summed E-state index contributed by atoms with van der Waals surface area (Å²) in [5.41, 5.74) is 10.3. The Bertz CT molecular complexity index is 152. The Labute approximate surface area is 73.2 Å². The zero-order chi connectivity index (χ0) is 9.78. The van der Waals surface area contributed by atoms with Crippen LogP contribution in [0.4, 0.5) is 0 Å². The fourth-order valence-corrected chi connectivity index (χ4v) is 0.581. The van der Waals surface area contributed by atoms with Crippen LogP contribution in [0.5, 0.6) is 0 Å². The van der Waals surface area contributed by atoms with Crippen molar-refractivity contribution in [3.63, 3.8) is 0 Å². The second-order valence-corrected chi connectivity index (χ2v) is 3.81. The van der Waals surface area contributed by atoms with E-state index in [1.54, 1.807) is 6.92 Å². The molecule has 0 aliphatic heterocycles. The zero-order valence-corrected chi connectivity index (χ0v) is 7.96. The molecule has 4 nitrogen and oxygen atoms in total. The highest BCUT2D eigenvalue weighted by molar-refractivity contribution is 5.76. The third-order valence-corrected chi connectivity index (χ3v) is 1.33. The third-order valence-electron chi connectivity index (χ3n) is 1.33. The van der Waals surface area contributed by atoms with Crippen LogP contribution in [-0.2, 0) is 9.53 Å². The molecule has 1 amide bonds. The molecule has 0 aliphatic carbocycles. The topological polar surface area (TPSA) is 78.3 Å².